The molecule has 1 aromatic carbocycles. The third-order valence-electron chi connectivity index (χ3n) is 2.73. The molecule has 2 aromatic heterocycles. The largest absolute Gasteiger partial charge is 0.507 e. The van der Waals surface area contributed by atoms with Crippen molar-refractivity contribution in [2.75, 3.05) is 0 Å². The molecular weight excluding hydrogens is 280 g/mol. The minimum atomic E-state index is -1.11. The Morgan fingerprint density at radius 1 is 0.773 bits per heavy atom. The van der Waals surface area contributed by atoms with Crippen molar-refractivity contribution in [2.24, 2.45) is 0 Å². The summed E-state index contributed by atoms with van der Waals surface area (Å²) in [6, 6.07) is 17.4. The summed E-state index contributed by atoms with van der Waals surface area (Å²) in [5.41, 5.74) is 1.76. The number of carboxylic acids is 1. The Morgan fingerprint density at radius 3 is 1.64 bits per heavy atom. The van der Waals surface area contributed by atoms with Crippen LogP contribution in [-0.4, -0.2) is 26.2 Å². The molecule has 0 radical (unpaired) electrons. The number of pyridine rings is 2. The standard InChI is InChI=1S/C10H8N2.C7H6O3/c1-3-7-11-9(5-1)10-6-2-4-8-12-10;8-6-4-2-1-3-5(6)7(9)10/h1-8H;1-4,8H,(H,9,10). The van der Waals surface area contributed by atoms with Crippen LogP contribution in [0.3, 0.4) is 0 Å². The molecule has 5 nitrogen and oxygen atoms in total. The molecule has 2 N–H and O–H groups in total. The van der Waals surface area contributed by atoms with Crippen LogP contribution in [0.25, 0.3) is 11.4 Å². The lowest BCUT2D eigenvalue weighted by atomic mass is 10.2. The van der Waals surface area contributed by atoms with Gasteiger partial charge in [0.05, 0.1) is 11.4 Å². The SMILES string of the molecule is O=C(O)c1ccccc1O.c1ccc(-c2ccccn2)nc1. The van der Waals surface area contributed by atoms with Crippen LogP contribution in [0, 0.1) is 0 Å². The predicted octanol–water partition coefficient (Wildman–Crippen LogP) is 3.23. The highest BCUT2D eigenvalue weighted by Gasteiger charge is 2.05. The topological polar surface area (TPSA) is 83.3 Å². The Kier molecular flexibility index (Phi) is 5.20. The second kappa shape index (κ2) is 7.54. The number of hydrogen-bond acceptors (Lipinski definition) is 4. The summed E-state index contributed by atoms with van der Waals surface area (Å²) in [6.07, 6.45) is 3.54. The van der Waals surface area contributed by atoms with E-state index in [9.17, 15) is 4.79 Å². The van der Waals surface area contributed by atoms with E-state index < -0.39 is 5.97 Å². The smallest absolute Gasteiger partial charge is 0.339 e. The third kappa shape index (κ3) is 4.14. The van der Waals surface area contributed by atoms with Crippen molar-refractivity contribution in [2.45, 2.75) is 0 Å². The van der Waals surface area contributed by atoms with E-state index in [1.807, 2.05) is 36.4 Å². The number of carbonyl (C=O) groups is 1. The molecule has 0 saturated heterocycles. The summed E-state index contributed by atoms with van der Waals surface area (Å²) in [5.74, 6) is -1.31. The summed E-state index contributed by atoms with van der Waals surface area (Å²) in [4.78, 5) is 18.6. The molecule has 0 unspecified atom stereocenters. The first-order valence-corrected chi connectivity index (χ1v) is 6.52. The third-order valence-corrected chi connectivity index (χ3v) is 2.73. The van der Waals surface area contributed by atoms with Crippen molar-refractivity contribution < 1.29 is 15.0 Å². The molecule has 0 saturated carbocycles. The molecule has 3 rings (SSSR count). The molecule has 0 aliphatic rings. The molecule has 22 heavy (non-hydrogen) atoms. The van der Waals surface area contributed by atoms with E-state index in [1.165, 1.54) is 12.1 Å². The minimum Gasteiger partial charge on any atom is -0.507 e. The number of para-hydroxylation sites is 1. The molecule has 0 bridgehead atoms. The Labute approximate surface area is 127 Å². The van der Waals surface area contributed by atoms with Crippen LogP contribution >= 0.6 is 0 Å². The summed E-state index contributed by atoms with van der Waals surface area (Å²) in [6.45, 7) is 0. The second-order valence-corrected chi connectivity index (χ2v) is 4.25. The zero-order chi connectivity index (χ0) is 15.8. The minimum absolute atomic E-state index is 0.0671. The Hall–Kier alpha value is -3.21. The molecule has 0 aliphatic carbocycles. The van der Waals surface area contributed by atoms with Gasteiger partial charge in [0, 0.05) is 12.4 Å². The second-order valence-electron chi connectivity index (χ2n) is 4.25. The van der Waals surface area contributed by atoms with E-state index in [2.05, 4.69) is 9.97 Å². The number of rotatable bonds is 2. The summed E-state index contributed by atoms with van der Waals surface area (Å²) in [7, 11) is 0. The van der Waals surface area contributed by atoms with Crippen LogP contribution in [0.4, 0.5) is 0 Å². The molecule has 0 spiro atoms. The van der Waals surface area contributed by atoms with Gasteiger partial charge in [0.1, 0.15) is 11.3 Å². The first-order chi connectivity index (χ1) is 10.7. The normalized spacial score (nSPS) is 9.45. The molecule has 0 aliphatic heterocycles. The number of benzene rings is 1. The van der Waals surface area contributed by atoms with Crippen molar-refractivity contribution in [1.29, 1.82) is 0 Å². The van der Waals surface area contributed by atoms with E-state index in [1.54, 1.807) is 24.5 Å². The Morgan fingerprint density at radius 2 is 1.27 bits per heavy atom. The van der Waals surface area contributed by atoms with Crippen LogP contribution in [0.1, 0.15) is 10.4 Å². The van der Waals surface area contributed by atoms with Crippen molar-refractivity contribution in [1.82, 2.24) is 9.97 Å². The number of aromatic carboxylic acids is 1. The Bertz CT molecular complexity index is 694. The summed E-state index contributed by atoms with van der Waals surface area (Å²) < 4.78 is 0. The monoisotopic (exact) mass is 294 g/mol. The van der Waals surface area contributed by atoms with Crippen molar-refractivity contribution >= 4 is 5.97 Å². The van der Waals surface area contributed by atoms with E-state index in [4.69, 9.17) is 10.2 Å². The molecule has 5 heteroatoms. The fourth-order valence-corrected chi connectivity index (χ4v) is 1.68. The highest BCUT2D eigenvalue weighted by Crippen LogP contribution is 2.14. The first-order valence-electron chi connectivity index (χ1n) is 6.52. The van der Waals surface area contributed by atoms with Crippen molar-refractivity contribution in [3.05, 3.63) is 78.6 Å². The van der Waals surface area contributed by atoms with E-state index in [-0.39, 0.29) is 11.3 Å². The van der Waals surface area contributed by atoms with E-state index in [0.717, 1.165) is 11.4 Å². The maximum Gasteiger partial charge on any atom is 0.339 e. The quantitative estimate of drug-likeness (QED) is 0.758. The van der Waals surface area contributed by atoms with Gasteiger partial charge >= 0.3 is 5.97 Å². The van der Waals surface area contributed by atoms with Gasteiger partial charge in [-0.15, -0.1) is 0 Å². The van der Waals surface area contributed by atoms with E-state index >= 15 is 0 Å². The van der Waals surface area contributed by atoms with Crippen molar-refractivity contribution in [3.8, 4) is 17.1 Å². The fraction of sp³-hybridized carbons (Fsp3) is 0. The van der Waals surface area contributed by atoms with Gasteiger partial charge < -0.3 is 10.2 Å². The van der Waals surface area contributed by atoms with Gasteiger partial charge in [0.25, 0.3) is 0 Å². The number of phenols is 1. The average molecular weight is 294 g/mol. The lowest BCUT2D eigenvalue weighted by Gasteiger charge is -1.96. The number of aromatic hydroxyl groups is 1. The first kappa shape index (κ1) is 15.2. The lowest BCUT2D eigenvalue weighted by molar-refractivity contribution is 0.0693. The van der Waals surface area contributed by atoms with Crippen molar-refractivity contribution in [3.63, 3.8) is 0 Å². The highest BCUT2D eigenvalue weighted by atomic mass is 16.4. The number of hydrogen-bond donors (Lipinski definition) is 2. The summed E-state index contributed by atoms with van der Waals surface area (Å²) >= 11 is 0. The van der Waals surface area contributed by atoms with E-state index in [0.29, 0.717) is 0 Å². The molecule has 0 fully saturated rings. The van der Waals surface area contributed by atoms with Crippen LogP contribution in [0.5, 0.6) is 5.75 Å². The van der Waals surface area contributed by atoms with Gasteiger partial charge in [-0.1, -0.05) is 24.3 Å². The molecule has 110 valence electrons. The molecule has 0 atom stereocenters. The molecular formula is C17H14N2O3. The summed E-state index contributed by atoms with van der Waals surface area (Å²) in [5, 5.41) is 17.3. The fourth-order valence-electron chi connectivity index (χ4n) is 1.68. The zero-order valence-corrected chi connectivity index (χ0v) is 11.6. The number of carboxylic acid groups (broad SMARTS) is 1. The van der Waals surface area contributed by atoms with Gasteiger partial charge in [-0.2, -0.15) is 0 Å². The lowest BCUT2D eigenvalue weighted by Crippen LogP contribution is -1.95. The van der Waals surface area contributed by atoms with Crippen LogP contribution < -0.4 is 0 Å². The maximum atomic E-state index is 10.3. The molecule has 3 aromatic rings. The predicted molar refractivity (Wildman–Crippen MR) is 82.5 cm³/mol. The highest BCUT2D eigenvalue weighted by molar-refractivity contribution is 5.90. The van der Waals surface area contributed by atoms with Crippen LogP contribution in [-0.2, 0) is 0 Å². The van der Waals surface area contributed by atoms with Gasteiger partial charge in [0.2, 0.25) is 0 Å². The molecule has 2 heterocycles. The molecule has 0 amide bonds. The van der Waals surface area contributed by atoms with Gasteiger partial charge in [-0.25, -0.2) is 4.79 Å². The van der Waals surface area contributed by atoms with Crippen LogP contribution in [0.2, 0.25) is 0 Å². The number of aromatic nitrogens is 2. The zero-order valence-electron chi connectivity index (χ0n) is 11.6. The number of nitrogens with zero attached hydrogens (tertiary/aromatic N) is 2. The average Bonchev–Trinajstić information content (AvgIpc) is 2.57. The maximum absolute atomic E-state index is 10.3. The Balaban J connectivity index is 0.000000164. The van der Waals surface area contributed by atoms with Crippen LogP contribution in [0.15, 0.2) is 73.1 Å². The van der Waals surface area contributed by atoms with Gasteiger partial charge in [0.15, 0.2) is 0 Å². The van der Waals surface area contributed by atoms with Gasteiger partial charge in [-0.05, 0) is 36.4 Å². The van der Waals surface area contributed by atoms with Gasteiger partial charge in [-0.3, -0.25) is 9.97 Å².